The number of thiazole rings is 1. The molecule has 2 aromatic carbocycles. The summed E-state index contributed by atoms with van der Waals surface area (Å²) < 4.78 is 41.1. The van der Waals surface area contributed by atoms with E-state index in [2.05, 4.69) is 16.4 Å². The summed E-state index contributed by atoms with van der Waals surface area (Å²) in [6, 6.07) is 9.43. The van der Waals surface area contributed by atoms with Crippen LogP contribution in [0.2, 0.25) is 0 Å². The van der Waals surface area contributed by atoms with E-state index in [0.717, 1.165) is 47.4 Å². The van der Waals surface area contributed by atoms with Crippen molar-refractivity contribution in [1.82, 2.24) is 9.29 Å². The van der Waals surface area contributed by atoms with Crippen molar-refractivity contribution in [1.29, 1.82) is 0 Å². The second-order valence-electron chi connectivity index (χ2n) is 7.57. The Labute approximate surface area is 184 Å². The number of sulfonamides is 1. The standard InChI is InChI=1S/C22H22FN3O3S2/c1-14-5-7-17(15(2)11-14)19-13-30-22(24-19)25-21(27)16-6-8-18(23)20(12-16)31(28,29)26-9-3-4-10-26/h5-8,11-13H,3-4,9-10H2,1-2H3,(H,24,25,27). The molecule has 0 bridgehead atoms. The van der Waals surface area contributed by atoms with Gasteiger partial charge >= 0.3 is 0 Å². The number of nitrogens with one attached hydrogen (secondary N) is 1. The van der Waals surface area contributed by atoms with Crippen molar-refractivity contribution in [2.75, 3.05) is 18.4 Å². The lowest BCUT2D eigenvalue weighted by molar-refractivity contribution is 0.102. The fourth-order valence-corrected chi connectivity index (χ4v) is 5.95. The third-order valence-electron chi connectivity index (χ3n) is 5.26. The van der Waals surface area contributed by atoms with Crippen LogP contribution in [0, 0.1) is 19.7 Å². The van der Waals surface area contributed by atoms with Crippen LogP contribution < -0.4 is 5.32 Å². The van der Waals surface area contributed by atoms with E-state index >= 15 is 0 Å². The zero-order valence-corrected chi connectivity index (χ0v) is 18.8. The maximum Gasteiger partial charge on any atom is 0.257 e. The van der Waals surface area contributed by atoms with Gasteiger partial charge in [-0.1, -0.05) is 23.8 Å². The van der Waals surface area contributed by atoms with Crippen LogP contribution in [0.4, 0.5) is 9.52 Å². The number of aryl methyl sites for hydroxylation is 2. The quantitative estimate of drug-likeness (QED) is 0.605. The molecule has 0 aliphatic carbocycles. The molecule has 6 nitrogen and oxygen atoms in total. The highest BCUT2D eigenvalue weighted by molar-refractivity contribution is 7.89. The lowest BCUT2D eigenvalue weighted by Crippen LogP contribution is -2.29. The molecule has 1 fully saturated rings. The number of amides is 1. The number of benzene rings is 2. The topological polar surface area (TPSA) is 79.4 Å². The molecule has 2 heterocycles. The van der Waals surface area contributed by atoms with Gasteiger partial charge < -0.3 is 0 Å². The van der Waals surface area contributed by atoms with Crippen LogP contribution in [0.3, 0.4) is 0 Å². The van der Waals surface area contributed by atoms with E-state index in [9.17, 15) is 17.6 Å². The fraction of sp³-hybridized carbons (Fsp3) is 0.273. The van der Waals surface area contributed by atoms with Crippen LogP contribution in [0.5, 0.6) is 0 Å². The van der Waals surface area contributed by atoms with Gasteiger partial charge in [-0.2, -0.15) is 4.31 Å². The number of nitrogens with zero attached hydrogens (tertiary/aromatic N) is 2. The Hall–Kier alpha value is -2.62. The van der Waals surface area contributed by atoms with Gasteiger partial charge in [0.2, 0.25) is 10.0 Å². The molecule has 31 heavy (non-hydrogen) atoms. The first-order valence-electron chi connectivity index (χ1n) is 9.90. The van der Waals surface area contributed by atoms with Crippen molar-refractivity contribution in [3.63, 3.8) is 0 Å². The Kier molecular flexibility index (Phi) is 5.92. The van der Waals surface area contributed by atoms with Crippen LogP contribution in [0.1, 0.15) is 34.3 Å². The molecule has 0 spiro atoms. The number of hydrogen-bond donors (Lipinski definition) is 1. The van der Waals surface area contributed by atoms with Crippen molar-refractivity contribution < 1.29 is 17.6 Å². The summed E-state index contributed by atoms with van der Waals surface area (Å²) in [5.41, 5.74) is 4.01. The van der Waals surface area contributed by atoms with E-state index in [1.807, 2.05) is 31.4 Å². The molecule has 1 saturated heterocycles. The minimum atomic E-state index is -3.97. The average molecular weight is 460 g/mol. The number of aromatic nitrogens is 1. The SMILES string of the molecule is Cc1ccc(-c2csc(NC(=O)c3ccc(F)c(S(=O)(=O)N4CCCC4)c3)n2)c(C)c1. The predicted octanol–water partition coefficient (Wildman–Crippen LogP) is 4.60. The molecule has 1 aliphatic heterocycles. The first-order valence-corrected chi connectivity index (χ1v) is 12.2. The van der Waals surface area contributed by atoms with Gasteiger partial charge in [0.05, 0.1) is 5.69 Å². The summed E-state index contributed by atoms with van der Waals surface area (Å²) in [6.45, 7) is 4.74. The van der Waals surface area contributed by atoms with E-state index in [1.165, 1.54) is 21.7 Å². The molecule has 1 aromatic heterocycles. The number of anilines is 1. The predicted molar refractivity (Wildman–Crippen MR) is 119 cm³/mol. The van der Waals surface area contributed by atoms with E-state index in [1.54, 1.807) is 0 Å². The van der Waals surface area contributed by atoms with E-state index < -0.39 is 26.6 Å². The number of halogens is 1. The third kappa shape index (κ3) is 4.39. The number of hydrogen-bond acceptors (Lipinski definition) is 5. The summed E-state index contributed by atoms with van der Waals surface area (Å²) in [7, 11) is -3.97. The van der Waals surface area contributed by atoms with Gasteiger partial charge in [0.1, 0.15) is 10.7 Å². The molecule has 3 aromatic rings. The van der Waals surface area contributed by atoms with Gasteiger partial charge in [-0.25, -0.2) is 17.8 Å². The van der Waals surface area contributed by atoms with Gasteiger partial charge in [-0.3, -0.25) is 10.1 Å². The molecule has 0 atom stereocenters. The van der Waals surface area contributed by atoms with E-state index in [0.29, 0.717) is 18.2 Å². The summed E-state index contributed by atoms with van der Waals surface area (Å²) in [5, 5.41) is 4.92. The zero-order valence-electron chi connectivity index (χ0n) is 17.2. The molecular weight excluding hydrogens is 437 g/mol. The Morgan fingerprint density at radius 1 is 1.13 bits per heavy atom. The Morgan fingerprint density at radius 3 is 2.58 bits per heavy atom. The first kappa shape index (κ1) is 21.6. The highest BCUT2D eigenvalue weighted by Gasteiger charge is 2.30. The van der Waals surface area contributed by atoms with Crippen LogP contribution in [0.25, 0.3) is 11.3 Å². The first-order chi connectivity index (χ1) is 14.8. The van der Waals surface area contributed by atoms with Crippen LogP contribution >= 0.6 is 11.3 Å². The summed E-state index contributed by atoms with van der Waals surface area (Å²) >= 11 is 1.27. The van der Waals surface area contributed by atoms with Crippen LogP contribution in [-0.4, -0.2) is 36.7 Å². The van der Waals surface area contributed by atoms with Crippen LogP contribution in [-0.2, 0) is 10.0 Å². The number of carbonyl (C=O) groups is 1. The van der Waals surface area contributed by atoms with Crippen molar-refractivity contribution in [2.24, 2.45) is 0 Å². The lowest BCUT2D eigenvalue weighted by atomic mass is 10.0. The second kappa shape index (κ2) is 8.49. The minimum absolute atomic E-state index is 0.0578. The Bertz CT molecular complexity index is 1250. The molecule has 0 saturated carbocycles. The Balaban J connectivity index is 1.56. The maximum absolute atomic E-state index is 14.3. The van der Waals surface area contributed by atoms with Crippen molar-refractivity contribution in [3.8, 4) is 11.3 Å². The Morgan fingerprint density at radius 2 is 1.87 bits per heavy atom. The van der Waals surface area contributed by atoms with Gasteiger partial charge in [0, 0.05) is 29.6 Å². The highest BCUT2D eigenvalue weighted by atomic mass is 32.2. The molecular formula is C22H22FN3O3S2. The third-order valence-corrected chi connectivity index (χ3v) is 7.93. The van der Waals surface area contributed by atoms with Crippen molar-refractivity contribution in [2.45, 2.75) is 31.6 Å². The number of carbonyl (C=O) groups excluding carboxylic acids is 1. The van der Waals surface area contributed by atoms with Crippen LogP contribution in [0.15, 0.2) is 46.7 Å². The molecule has 4 rings (SSSR count). The number of rotatable bonds is 5. The minimum Gasteiger partial charge on any atom is -0.298 e. The second-order valence-corrected chi connectivity index (χ2v) is 10.3. The fourth-order valence-electron chi connectivity index (χ4n) is 3.63. The largest absolute Gasteiger partial charge is 0.298 e. The highest BCUT2D eigenvalue weighted by Crippen LogP contribution is 2.29. The lowest BCUT2D eigenvalue weighted by Gasteiger charge is -2.16. The molecule has 1 aliphatic rings. The van der Waals surface area contributed by atoms with Crippen molar-refractivity contribution in [3.05, 3.63) is 64.3 Å². The molecule has 162 valence electrons. The normalized spacial score (nSPS) is 14.7. The average Bonchev–Trinajstić information content (AvgIpc) is 3.41. The summed E-state index contributed by atoms with van der Waals surface area (Å²) in [6.07, 6.45) is 1.49. The summed E-state index contributed by atoms with van der Waals surface area (Å²) in [5.74, 6) is -1.41. The van der Waals surface area contributed by atoms with Gasteiger partial charge in [-0.05, 0) is 50.5 Å². The summed E-state index contributed by atoms with van der Waals surface area (Å²) in [4.78, 5) is 16.7. The van der Waals surface area contributed by atoms with Gasteiger partial charge in [0.25, 0.3) is 5.91 Å². The smallest absolute Gasteiger partial charge is 0.257 e. The van der Waals surface area contributed by atoms with E-state index in [4.69, 9.17) is 0 Å². The molecule has 1 amide bonds. The van der Waals surface area contributed by atoms with Gasteiger partial charge in [0.15, 0.2) is 5.13 Å². The maximum atomic E-state index is 14.3. The monoisotopic (exact) mass is 459 g/mol. The van der Waals surface area contributed by atoms with Gasteiger partial charge in [-0.15, -0.1) is 11.3 Å². The molecule has 1 N–H and O–H groups in total. The van der Waals surface area contributed by atoms with Crippen molar-refractivity contribution >= 4 is 32.4 Å². The zero-order chi connectivity index (χ0) is 22.2. The van der Waals surface area contributed by atoms with E-state index in [-0.39, 0.29) is 5.56 Å². The molecule has 0 unspecified atom stereocenters. The molecule has 0 radical (unpaired) electrons. The molecule has 9 heteroatoms.